The maximum atomic E-state index is 8.82. The number of nitriles is 1. The molecule has 0 fully saturated rings. The topological polar surface area (TPSA) is 53.1 Å². The summed E-state index contributed by atoms with van der Waals surface area (Å²) in [5.74, 6) is 0.548. The monoisotopic (exact) mass is 191 g/mol. The fourth-order valence-electron chi connectivity index (χ4n) is 1.77. The molecule has 0 radical (unpaired) electrons. The third-order valence-corrected chi connectivity index (χ3v) is 2.65. The number of hydrogen-bond donors (Lipinski definition) is 0. The van der Waals surface area contributed by atoms with Crippen LogP contribution in [-0.4, -0.2) is 23.6 Å². The minimum atomic E-state index is -0.197. The molecule has 1 atom stereocenters. The predicted octanol–water partition coefficient (Wildman–Crippen LogP) is 1.29. The lowest BCUT2D eigenvalue weighted by atomic mass is 10.0. The fraction of sp³-hybridized carbons (Fsp3) is 0.600. The number of nitrogens with zero attached hydrogens (tertiary/aromatic N) is 3. The van der Waals surface area contributed by atoms with Crippen LogP contribution < -0.4 is 0 Å². The quantitative estimate of drug-likeness (QED) is 0.671. The number of fused-ring (bicyclic) bond motifs is 1. The van der Waals surface area contributed by atoms with Crippen molar-refractivity contribution in [1.82, 2.24) is 10.1 Å². The van der Waals surface area contributed by atoms with Crippen molar-refractivity contribution in [3.63, 3.8) is 0 Å². The van der Waals surface area contributed by atoms with Gasteiger partial charge in [-0.2, -0.15) is 5.26 Å². The van der Waals surface area contributed by atoms with Gasteiger partial charge >= 0.3 is 0 Å². The molecule has 0 aromatic carbocycles. The Kier molecular flexibility index (Phi) is 2.26. The molecule has 0 amide bonds. The van der Waals surface area contributed by atoms with Gasteiger partial charge in [-0.25, -0.2) is 0 Å². The zero-order valence-corrected chi connectivity index (χ0v) is 8.45. The van der Waals surface area contributed by atoms with E-state index in [-0.39, 0.29) is 5.92 Å². The van der Waals surface area contributed by atoms with Gasteiger partial charge < -0.3 is 9.42 Å². The summed E-state index contributed by atoms with van der Waals surface area (Å²) in [6.07, 6.45) is 0.924. The highest BCUT2D eigenvalue weighted by atomic mass is 16.5. The first kappa shape index (κ1) is 9.22. The Morgan fingerprint density at radius 3 is 3.14 bits per heavy atom. The third kappa shape index (κ3) is 1.40. The second-order valence-electron chi connectivity index (χ2n) is 3.81. The Hall–Kier alpha value is -1.34. The van der Waals surface area contributed by atoms with Gasteiger partial charge in [-0.3, -0.25) is 0 Å². The van der Waals surface area contributed by atoms with Crippen molar-refractivity contribution in [2.45, 2.75) is 25.8 Å². The zero-order chi connectivity index (χ0) is 10.1. The molecule has 74 valence electrons. The SMILES string of the molecule is CC(C#N)c1onc2c1CN(C)CC2. The molecule has 0 saturated carbocycles. The van der Waals surface area contributed by atoms with Crippen LogP contribution in [0.2, 0.25) is 0 Å². The van der Waals surface area contributed by atoms with Crippen LogP contribution >= 0.6 is 0 Å². The predicted molar refractivity (Wildman–Crippen MR) is 50.6 cm³/mol. The van der Waals surface area contributed by atoms with Gasteiger partial charge in [-0.15, -0.1) is 0 Å². The lowest BCUT2D eigenvalue weighted by molar-refractivity contribution is 0.310. The molecular formula is C10H13N3O. The van der Waals surface area contributed by atoms with Crippen molar-refractivity contribution in [2.24, 2.45) is 0 Å². The van der Waals surface area contributed by atoms with Gasteiger partial charge in [0.15, 0.2) is 5.76 Å². The highest BCUT2D eigenvalue weighted by Crippen LogP contribution is 2.26. The van der Waals surface area contributed by atoms with E-state index in [0.717, 1.165) is 36.5 Å². The molecule has 1 aromatic rings. The van der Waals surface area contributed by atoms with E-state index in [9.17, 15) is 0 Å². The first-order chi connectivity index (χ1) is 6.72. The summed E-state index contributed by atoms with van der Waals surface area (Å²) in [5, 5.41) is 12.8. The van der Waals surface area contributed by atoms with E-state index in [1.165, 1.54) is 0 Å². The van der Waals surface area contributed by atoms with Crippen LogP contribution in [-0.2, 0) is 13.0 Å². The van der Waals surface area contributed by atoms with Gasteiger partial charge in [0.1, 0.15) is 5.92 Å². The Bertz CT molecular complexity index is 377. The second kappa shape index (κ2) is 3.43. The molecule has 2 heterocycles. The molecular weight excluding hydrogens is 178 g/mol. The average molecular weight is 191 g/mol. The van der Waals surface area contributed by atoms with E-state index >= 15 is 0 Å². The van der Waals surface area contributed by atoms with Crippen LogP contribution in [0.3, 0.4) is 0 Å². The van der Waals surface area contributed by atoms with Crippen molar-refractivity contribution in [1.29, 1.82) is 5.26 Å². The first-order valence-corrected chi connectivity index (χ1v) is 4.78. The van der Waals surface area contributed by atoms with Gasteiger partial charge in [0.25, 0.3) is 0 Å². The molecule has 1 aliphatic rings. The summed E-state index contributed by atoms with van der Waals surface area (Å²) in [6, 6.07) is 2.18. The molecule has 4 nitrogen and oxygen atoms in total. The lowest BCUT2D eigenvalue weighted by Gasteiger charge is -2.21. The largest absolute Gasteiger partial charge is 0.359 e. The molecule has 0 N–H and O–H groups in total. The van der Waals surface area contributed by atoms with E-state index in [0.29, 0.717) is 0 Å². The highest BCUT2D eigenvalue weighted by molar-refractivity contribution is 5.30. The van der Waals surface area contributed by atoms with Crippen LogP contribution in [0.15, 0.2) is 4.52 Å². The summed E-state index contributed by atoms with van der Waals surface area (Å²) in [5.41, 5.74) is 2.15. The van der Waals surface area contributed by atoms with Crippen molar-refractivity contribution in [3.8, 4) is 6.07 Å². The molecule has 4 heteroatoms. The minimum Gasteiger partial charge on any atom is -0.359 e. The summed E-state index contributed by atoms with van der Waals surface area (Å²) in [7, 11) is 2.07. The normalized spacial score (nSPS) is 18.6. The van der Waals surface area contributed by atoms with E-state index in [2.05, 4.69) is 23.2 Å². The number of likely N-dealkylation sites (N-methyl/N-ethyl adjacent to an activating group) is 1. The standard InChI is InChI=1S/C10H13N3O/c1-7(5-11)10-8-6-13(2)4-3-9(8)12-14-10/h7H,3-4,6H2,1-2H3. The van der Waals surface area contributed by atoms with Crippen molar-refractivity contribution < 1.29 is 4.52 Å². The highest BCUT2D eigenvalue weighted by Gasteiger charge is 2.24. The smallest absolute Gasteiger partial charge is 0.158 e. The van der Waals surface area contributed by atoms with Crippen molar-refractivity contribution >= 4 is 0 Å². The van der Waals surface area contributed by atoms with E-state index in [4.69, 9.17) is 9.78 Å². The van der Waals surface area contributed by atoms with Gasteiger partial charge in [-0.05, 0) is 14.0 Å². The van der Waals surface area contributed by atoms with Crippen LogP contribution in [0.25, 0.3) is 0 Å². The summed E-state index contributed by atoms with van der Waals surface area (Å²) >= 11 is 0. The second-order valence-corrected chi connectivity index (χ2v) is 3.81. The molecule has 2 rings (SSSR count). The van der Waals surface area contributed by atoms with Crippen LogP contribution in [0.1, 0.15) is 29.9 Å². The maximum Gasteiger partial charge on any atom is 0.158 e. The summed E-state index contributed by atoms with van der Waals surface area (Å²) in [4.78, 5) is 2.22. The molecule has 0 aliphatic carbocycles. The Labute approximate surface area is 83.1 Å². The fourth-order valence-corrected chi connectivity index (χ4v) is 1.77. The van der Waals surface area contributed by atoms with E-state index in [1.54, 1.807) is 0 Å². The van der Waals surface area contributed by atoms with Crippen molar-refractivity contribution in [3.05, 3.63) is 17.0 Å². The van der Waals surface area contributed by atoms with Crippen LogP contribution in [0.4, 0.5) is 0 Å². The Morgan fingerprint density at radius 1 is 1.64 bits per heavy atom. The summed E-state index contributed by atoms with van der Waals surface area (Å²) < 4.78 is 5.22. The summed E-state index contributed by atoms with van der Waals surface area (Å²) in [6.45, 7) is 3.70. The third-order valence-electron chi connectivity index (χ3n) is 2.65. The molecule has 14 heavy (non-hydrogen) atoms. The van der Waals surface area contributed by atoms with Gasteiger partial charge in [0.05, 0.1) is 11.8 Å². The number of hydrogen-bond acceptors (Lipinski definition) is 4. The van der Waals surface area contributed by atoms with E-state index in [1.807, 2.05) is 6.92 Å². The first-order valence-electron chi connectivity index (χ1n) is 4.78. The van der Waals surface area contributed by atoms with Crippen molar-refractivity contribution in [2.75, 3.05) is 13.6 Å². The maximum absolute atomic E-state index is 8.82. The molecule has 1 aromatic heterocycles. The van der Waals surface area contributed by atoms with Gasteiger partial charge in [0.2, 0.25) is 0 Å². The van der Waals surface area contributed by atoms with E-state index < -0.39 is 0 Å². The Morgan fingerprint density at radius 2 is 2.43 bits per heavy atom. The molecule has 0 bridgehead atoms. The van der Waals surface area contributed by atoms with Crippen LogP contribution in [0, 0.1) is 11.3 Å². The number of aromatic nitrogens is 1. The van der Waals surface area contributed by atoms with Gasteiger partial charge in [-0.1, -0.05) is 5.16 Å². The molecule has 1 aliphatic heterocycles. The average Bonchev–Trinajstić information content (AvgIpc) is 2.59. The molecule has 0 saturated heterocycles. The molecule has 1 unspecified atom stereocenters. The van der Waals surface area contributed by atoms with Crippen LogP contribution in [0.5, 0.6) is 0 Å². The minimum absolute atomic E-state index is 0.197. The zero-order valence-electron chi connectivity index (χ0n) is 8.45. The Balaban J connectivity index is 2.36. The van der Waals surface area contributed by atoms with Gasteiger partial charge in [0, 0.05) is 25.1 Å². The number of rotatable bonds is 1. The lowest BCUT2D eigenvalue weighted by Crippen LogP contribution is -2.26. The molecule has 0 spiro atoms.